The Morgan fingerprint density at radius 3 is 2.64 bits per heavy atom. The number of nitrogen functional groups attached to an aromatic ring is 1. The molecular weight excluding hydrogens is 208 g/mol. The van der Waals surface area contributed by atoms with Crippen LogP contribution >= 0.6 is 0 Å². The minimum absolute atomic E-state index is 0.167. The molecule has 14 heavy (non-hydrogen) atoms. The number of nitrogens with two attached hydrogens (primary N) is 1. The molecule has 1 aromatic rings. The molecule has 0 spiro atoms. The highest BCUT2D eigenvalue weighted by atomic mass is 32.2. The summed E-state index contributed by atoms with van der Waals surface area (Å²) < 4.78 is 20.8. The van der Waals surface area contributed by atoms with Crippen molar-refractivity contribution in [3.63, 3.8) is 0 Å². The van der Waals surface area contributed by atoms with Gasteiger partial charge in [-0.1, -0.05) is 11.1 Å². The molecule has 0 bridgehead atoms. The Kier molecular flexibility index (Phi) is 3.15. The maximum Gasteiger partial charge on any atom is 0.269 e. The van der Waals surface area contributed by atoms with Gasteiger partial charge in [-0.2, -0.15) is 0 Å². The SMILES string of the molecule is Nc1ccc([N+](=O)[O-])cc1CS(=O)[O-]. The van der Waals surface area contributed by atoms with Crippen molar-refractivity contribution in [1.29, 1.82) is 0 Å². The van der Waals surface area contributed by atoms with Gasteiger partial charge in [0.05, 0.1) is 4.92 Å². The third-order valence-electron chi connectivity index (χ3n) is 1.61. The van der Waals surface area contributed by atoms with Crippen LogP contribution in [0.2, 0.25) is 0 Å². The minimum Gasteiger partial charge on any atom is -0.772 e. The van der Waals surface area contributed by atoms with Gasteiger partial charge < -0.3 is 10.3 Å². The molecular formula is C7H7N2O4S-. The average molecular weight is 215 g/mol. The number of nitro benzene ring substituents is 1. The highest BCUT2D eigenvalue weighted by Gasteiger charge is 2.08. The zero-order valence-corrected chi connectivity index (χ0v) is 7.82. The molecule has 1 atom stereocenters. The van der Waals surface area contributed by atoms with Gasteiger partial charge in [-0.15, -0.1) is 0 Å². The van der Waals surface area contributed by atoms with Crippen LogP contribution in [0.5, 0.6) is 0 Å². The second-order valence-electron chi connectivity index (χ2n) is 2.59. The first kappa shape index (κ1) is 10.6. The normalized spacial score (nSPS) is 12.4. The summed E-state index contributed by atoms with van der Waals surface area (Å²) in [5.74, 6) is -0.312. The quantitative estimate of drug-likeness (QED) is 0.343. The molecule has 0 radical (unpaired) electrons. The van der Waals surface area contributed by atoms with Crippen LogP contribution in [0, 0.1) is 10.1 Å². The summed E-state index contributed by atoms with van der Waals surface area (Å²) in [6.07, 6.45) is 0. The van der Waals surface area contributed by atoms with E-state index in [1.165, 1.54) is 12.1 Å². The van der Waals surface area contributed by atoms with Gasteiger partial charge in [-0.05, 0) is 11.6 Å². The first-order chi connectivity index (χ1) is 6.50. The lowest BCUT2D eigenvalue weighted by Crippen LogP contribution is -2.00. The minimum atomic E-state index is -2.30. The highest BCUT2D eigenvalue weighted by molar-refractivity contribution is 7.78. The van der Waals surface area contributed by atoms with E-state index in [-0.39, 0.29) is 22.7 Å². The van der Waals surface area contributed by atoms with Gasteiger partial charge in [0.1, 0.15) is 0 Å². The van der Waals surface area contributed by atoms with E-state index in [0.29, 0.717) is 0 Å². The summed E-state index contributed by atoms with van der Waals surface area (Å²) in [6, 6.07) is 3.71. The van der Waals surface area contributed by atoms with Crippen molar-refractivity contribution in [2.45, 2.75) is 5.75 Å². The van der Waals surface area contributed by atoms with E-state index in [0.717, 1.165) is 6.07 Å². The first-order valence-electron chi connectivity index (χ1n) is 3.59. The summed E-state index contributed by atoms with van der Waals surface area (Å²) in [6.45, 7) is 0. The molecule has 1 rings (SSSR count). The fourth-order valence-electron chi connectivity index (χ4n) is 0.958. The van der Waals surface area contributed by atoms with Crippen LogP contribution in [0.15, 0.2) is 18.2 Å². The lowest BCUT2D eigenvalue weighted by molar-refractivity contribution is -0.384. The number of benzene rings is 1. The molecule has 0 fully saturated rings. The van der Waals surface area contributed by atoms with Crippen LogP contribution in [0.3, 0.4) is 0 Å². The van der Waals surface area contributed by atoms with Crippen molar-refractivity contribution in [3.05, 3.63) is 33.9 Å². The molecule has 76 valence electrons. The number of rotatable bonds is 3. The zero-order valence-electron chi connectivity index (χ0n) is 7.00. The van der Waals surface area contributed by atoms with E-state index in [9.17, 15) is 18.9 Å². The van der Waals surface area contributed by atoms with E-state index in [4.69, 9.17) is 5.73 Å². The van der Waals surface area contributed by atoms with Crippen LogP contribution in [-0.2, 0) is 16.8 Å². The Morgan fingerprint density at radius 2 is 2.14 bits per heavy atom. The Bertz CT molecular complexity index is 393. The largest absolute Gasteiger partial charge is 0.772 e. The summed E-state index contributed by atoms with van der Waals surface area (Å²) in [7, 11) is 0. The molecule has 0 saturated heterocycles. The fraction of sp³-hybridized carbons (Fsp3) is 0.143. The maximum absolute atomic E-state index is 10.4. The van der Waals surface area contributed by atoms with Gasteiger partial charge in [0.15, 0.2) is 0 Å². The van der Waals surface area contributed by atoms with Crippen LogP contribution in [0.4, 0.5) is 11.4 Å². The van der Waals surface area contributed by atoms with Crippen LogP contribution in [0.25, 0.3) is 0 Å². The van der Waals surface area contributed by atoms with Crippen molar-refractivity contribution in [2.24, 2.45) is 0 Å². The molecule has 0 aliphatic heterocycles. The highest BCUT2D eigenvalue weighted by Crippen LogP contribution is 2.20. The third-order valence-corrected chi connectivity index (χ3v) is 2.16. The monoisotopic (exact) mass is 215 g/mol. The number of nitrogens with zero attached hydrogens (tertiary/aromatic N) is 1. The first-order valence-corrected chi connectivity index (χ1v) is 4.84. The van der Waals surface area contributed by atoms with Gasteiger partial charge in [-0.3, -0.25) is 14.3 Å². The number of nitro groups is 1. The summed E-state index contributed by atoms with van der Waals surface area (Å²) in [5.41, 5.74) is 5.75. The summed E-state index contributed by atoms with van der Waals surface area (Å²) in [5, 5.41) is 10.4. The van der Waals surface area contributed by atoms with E-state index < -0.39 is 16.0 Å². The van der Waals surface area contributed by atoms with Gasteiger partial charge in [-0.25, -0.2) is 0 Å². The fourth-order valence-corrected chi connectivity index (χ4v) is 1.46. The van der Waals surface area contributed by atoms with Gasteiger partial charge >= 0.3 is 0 Å². The van der Waals surface area contributed by atoms with E-state index in [1.807, 2.05) is 0 Å². The molecule has 0 aliphatic carbocycles. The van der Waals surface area contributed by atoms with Crippen molar-refractivity contribution < 1.29 is 13.7 Å². The predicted molar refractivity (Wildman–Crippen MR) is 50.1 cm³/mol. The van der Waals surface area contributed by atoms with Crippen LogP contribution in [-0.4, -0.2) is 13.7 Å². The second-order valence-corrected chi connectivity index (χ2v) is 3.48. The Morgan fingerprint density at radius 1 is 1.50 bits per heavy atom. The average Bonchev–Trinajstić information content (AvgIpc) is 2.07. The number of anilines is 1. The van der Waals surface area contributed by atoms with Crippen molar-refractivity contribution >= 4 is 22.5 Å². The van der Waals surface area contributed by atoms with Crippen molar-refractivity contribution in [1.82, 2.24) is 0 Å². The van der Waals surface area contributed by atoms with Crippen molar-refractivity contribution in [3.8, 4) is 0 Å². The molecule has 2 N–H and O–H groups in total. The maximum atomic E-state index is 10.4. The van der Waals surface area contributed by atoms with Crippen molar-refractivity contribution in [2.75, 3.05) is 5.73 Å². The molecule has 0 amide bonds. The van der Waals surface area contributed by atoms with E-state index >= 15 is 0 Å². The predicted octanol–water partition coefficient (Wildman–Crippen LogP) is 0.556. The number of non-ortho nitro benzene ring substituents is 1. The van der Waals surface area contributed by atoms with Gasteiger partial charge in [0, 0.05) is 23.6 Å². The number of hydrogen-bond donors (Lipinski definition) is 1. The lowest BCUT2D eigenvalue weighted by atomic mass is 10.2. The lowest BCUT2D eigenvalue weighted by Gasteiger charge is -2.07. The zero-order chi connectivity index (χ0) is 10.7. The van der Waals surface area contributed by atoms with Gasteiger partial charge in [0.2, 0.25) is 0 Å². The Labute approximate surface area is 82.2 Å². The summed E-state index contributed by atoms with van der Waals surface area (Å²) >= 11 is -2.30. The third kappa shape index (κ3) is 2.51. The topological polar surface area (TPSA) is 109 Å². The van der Waals surface area contributed by atoms with Crippen LogP contribution in [0.1, 0.15) is 5.56 Å². The van der Waals surface area contributed by atoms with Crippen LogP contribution < -0.4 is 5.73 Å². The molecule has 7 heteroatoms. The van der Waals surface area contributed by atoms with E-state index in [1.54, 1.807) is 0 Å². The van der Waals surface area contributed by atoms with E-state index in [2.05, 4.69) is 0 Å². The smallest absolute Gasteiger partial charge is 0.269 e. The molecule has 0 aliphatic rings. The van der Waals surface area contributed by atoms with Gasteiger partial charge in [0.25, 0.3) is 5.69 Å². The Balaban J connectivity index is 3.08. The second kappa shape index (κ2) is 4.16. The molecule has 6 nitrogen and oxygen atoms in total. The molecule has 1 aromatic carbocycles. The summed E-state index contributed by atoms with van der Waals surface area (Å²) in [4.78, 5) is 9.76. The molecule has 0 saturated carbocycles. The molecule has 1 unspecified atom stereocenters. The molecule has 0 aromatic heterocycles. The number of hydrogen-bond acceptors (Lipinski definition) is 5. The Hall–Kier alpha value is -1.47. The molecule has 0 heterocycles. The standard InChI is InChI=1S/C7H8N2O4S/c8-7-2-1-6(9(10)11)3-5(7)4-14(12)13/h1-3H,4,8H2,(H,12,13)/p-1.